The maximum absolute atomic E-state index is 12.1. The number of aromatic nitrogens is 3. The van der Waals surface area contributed by atoms with Crippen LogP contribution in [-0.2, 0) is 6.54 Å². The summed E-state index contributed by atoms with van der Waals surface area (Å²) >= 11 is 0. The molecule has 0 saturated carbocycles. The standard InChI is InChI=1S/C15H18N6O/c1-10(2)20-14(22)12-5-4-7-17-13(12)19-9-11-6-8-18-15(16-3)21-11/h4-8H,1,9H2,2-3H3,(H,17,19)(H,20,22)(H,16,18,21). The second kappa shape index (κ2) is 7.16. The van der Waals surface area contributed by atoms with Crippen molar-refractivity contribution in [3.05, 3.63) is 54.1 Å². The Morgan fingerprint density at radius 2 is 2.09 bits per heavy atom. The summed E-state index contributed by atoms with van der Waals surface area (Å²) in [7, 11) is 1.76. The van der Waals surface area contributed by atoms with Crippen LogP contribution in [0.4, 0.5) is 11.8 Å². The van der Waals surface area contributed by atoms with Crippen LogP contribution in [0.15, 0.2) is 42.9 Å². The summed E-state index contributed by atoms with van der Waals surface area (Å²) in [6.45, 7) is 5.82. The average molecular weight is 298 g/mol. The van der Waals surface area contributed by atoms with E-state index in [1.54, 1.807) is 44.6 Å². The molecule has 0 fully saturated rings. The van der Waals surface area contributed by atoms with Gasteiger partial charge in [-0.2, -0.15) is 0 Å². The zero-order valence-corrected chi connectivity index (χ0v) is 12.6. The van der Waals surface area contributed by atoms with Crippen molar-refractivity contribution >= 4 is 17.7 Å². The topological polar surface area (TPSA) is 91.8 Å². The molecule has 7 nitrogen and oxygen atoms in total. The highest BCUT2D eigenvalue weighted by Gasteiger charge is 2.12. The molecule has 0 radical (unpaired) electrons. The van der Waals surface area contributed by atoms with Gasteiger partial charge in [-0.3, -0.25) is 4.79 Å². The molecule has 2 rings (SSSR count). The summed E-state index contributed by atoms with van der Waals surface area (Å²) in [5.41, 5.74) is 1.82. The lowest BCUT2D eigenvalue weighted by Gasteiger charge is -2.11. The molecule has 1 amide bonds. The van der Waals surface area contributed by atoms with Crippen LogP contribution < -0.4 is 16.0 Å². The summed E-state index contributed by atoms with van der Waals surface area (Å²) in [6.07, 6.45) is 3.29. The SMILES string of the molecule is C=C(C)NC(=O)c1cccnc1NCc1ccnc(NC)n1. The van der Waals surface area contributed by atoms with E-state index in [-0.39, 0.29) is 5.91 Å². The summed E-state index contributed by atoms with van der Waals surface area (Å²) in [4.78, 5) is 24.7. The molecule has 0 unspecified atom stereocenters. The van der Waals surface area contributed by atoms with Gasteiger partial charge in [-0.1, -0.05) is 6.58 Å². The van der Waals surface area contributed by atoms with Crippen LogP contribution in [0.25, 0.3) is 0 Å². The molecule has 0 aliphatic carbocycles. The van der Waals surface area contributed by atoms with Gasteiger partial charge in [0.05, 0.1) is 17.8 Å². The van der Waals surface area contributed by atoms with Crippen molar-refractivity contribution in [1.82, 2.24) is 20.3 Å². The van der Waals surface area contributed by atoms with Crippen LogP contribution >= 0.6 is 0 Å². The predicted octanol–water partition coefficient (Wildman–Crippen LogP) is 1.79. The molecule has 2 heterocycles. The zero-order chi connectivity index (χ0) is 15.9. The van der Waals surface area contributed by atoms with Crippen molar-refractivity contribution < 1.29 is 4.79 Å². The molecule has 0 spiro atoms. The van der Waals surface area contributed by atoms with Crippen LogP contribution in [-0.4, -0.2) is 27.9 Å². The second-order valence-electron chi connectivity index (χ2n) is 4.61. The Morgan fingerprint density at radius 1 is 1.27 bits per heavy atom. The largest absolute Gasteiger partial charge is 0.364 e. The number of rotatable bonds is 6. The molecule has 0 bridgehead atoms. The molecule has 114 valence electrons. The maximum atomic E-state index is 12.1. The first-order valence-electron chi connectivity index (χ1n) is 6.75. The third kappa shape index (κ3) is 4.02. The van der Waals surface area contributed by atoms with E-state index < -0.39 is 0 Å². The second-order valence-corrected chi connectivity index (χ2v) is 4.61. The van der Waals surface area contributed by atoms with Crippen molar-refractivity contribution in [3.63, 3.8) is 0 Å². The van der Waals surface area contributed by atoms with E-state index in [1.165, 1.54) is 0 Å². The van der Waals surface area contributed by atoms with Crippen molar-refractivity contribution in [2.75, 3.05) is 17.7 Å². The highest BCUT2D eigenvalue weighted by atomic mass is 16.1. The first-order valence-corrected chi connectivity index (χ1v) is 6.75. The van der Waals surface area contributed by atoms with Crippen LogP contribution in [0.1, 0.15) is 23.0 Å². The highest BCUT2D eigenvalue weighted by molar-refractivity contribution is 5.99. The number of pyridine rings is 1. The van der Waals surface area contributed by atoms with E-state index in [1.807, 2.05) is 0 Å². The third-order valence-corrected chi connectivity index (χ3v) is 2.75. The Labute approximate surface area is 128 Å². The van der Waals surface area contributed by atoms with Crippen LogP contribution in [0.2, 0.25) is 0 Å². The fourth-order valence-electron chi connectivity index (χ4n) is 1.78. The Hall–Kier alpha value is -2.96. The molecule has 2 aromatic heterocycles. The summed E-state index contributed by atoms with van der Waals surface area (Å²) < 4.78 is 0. The number of nitrogens with zero attached hydrogens (tertiary/aromatic N) is 3. The molecule has 0 atom stereocenters. The summed E-state index contributed by atoms with van der Waals surface area (Å²) in [5.74, 6) is 0.785. The number of nitrogens with one attached hydrogen (secondary N) is 3. The number of hydrogen-bond donors (Lipinski definition) is 3. The Kier molecular flexibility index (Phi) is 5.02. The summed E-state index contributed by atoms with van der Waals surface area (Å²) in [6, 6.07) is 5.21. The maximum Gasteiger partial charge on any atom is 0.259 e. The van der Waals surface area contributed by atoms with Crippen molar-refractivity contribution in [1.29, 1.82) is 0 Å². The lowest BCUT2D eigenvalue weighted by Crippen LogP contribution is -2.22. The lowest BCUT2D eigenvalue weighted by molar-refractivity contribution is 0.0966. The molecule has 3 N–H and O–H groups in total. The predicted molar refractivity (Wildman–Crippen MR) is 85.4 cm³/mol. The van der Waals surface area contributed by atoms with Gasteiger partial charge in [0, 0.05) is 25.1 Å². The quantitative estimate of drug-likeness (QED) is 0.753. The van der Waals surface area contributed by atoms with Gasteiger partial charge in [-0.25, -0.2) is 15.0 Å². The van der Waals surface area contributed by atoms with E-state index in [2.05, 4.69) is 37.5 Å². The van der Waals surface area contributed by atoms with Crippen molar-refractivity contribution in [2.24, 2.45) is 0 Å². The van der Waals surface area contributed by atoms with Crippen LogP contribution in [0, 0.1) is 0 Å². The fourth-order valence-corrected chi connectivity index (χ4v) is 1.78. The van der Waals surface area contributed by atoms with E-state index in [0.717, 1.165) is 5.69 Å². The number of anilines is 2. The molecule has 7 heteroatoms. The molecule has 2 aromatic rings. The summed E-state index contributed by atoms with van der Waals surface area (Å²) in [5, 5.41) is 8.66. The van der Waals surface area contributed by atoms with Gasteiger partial charge in [-0.05, 0) is 25.1 Å². The smallest absolute Gasteiger partial charge is 0.259 e. The van der Waals surface area contributed by atoms with Gasteiger partial charge in [0.25, 0.3) is 5.91 Å². The molecule has 0 aliphatic rings. The van der Waals surface area contributed by atoms with Gasteiger partial charge in [0.15, 0.2) is 0 Å². The average Bonchev–Trinajstić information content (AvgIpc) is 2.52. The molecular weight excluding hydrogens is 280 g/mol. The Bertz CT molecular complexity index is 685. The Balaban J connectivity index is 2.12. The zero-order valence-electron chi connectivity index (χ0n) is 12.6. The molecule has 22 heavy (non-hydrogen) atoms. The third-order valence-electron chi connectivity index (χ3n) is 2.75. The van der Waals surface area contributed by atoms with Crippen molar-refractivity contribution in [2.45, 2.75) is 13.5 Å². The monoisotopic (exact) mass is 298 g/mol. The van der Waals surface area contributed by atoms with E-state index in [9.17, 15) is 4.79 Å². The number of hydrogen-bond acceptors (Lipinski definition) is 6. The lowest BCUT2D eigenvalue weighted by atomic mass is 10.2. The van der Waals surface area contributed by atoms with Gasteiger partial charge in [0.1, 0.15) is 5.82 Å². The minimum Gasteiger partial charge on any atom is -0.364 e. The first-order chi connectivity index (χ1) is 10.6. The number of allylic oxidation sites excluding steroid dienone is 1. The van der Waals surface area contributed by atoms with Crippen LogP contribution in [0.3, 0.4) is 0 Å². The molecule has 0 saturated heterocycles. The molecule has 0 aromatic carbocycles. The highest BCUT2D eigenvalue weighted by Crippen LogP contribution is 2.13. The first kappa shape index (κ1) is 15.4. The van der Waals surface area contributed by atoms with E-state index >= 15 is 0 Å². The van der Waals surface area contributed by atoms with E-state index in [0.29, 0.717) is 29.6 Å². The Morgan fingerprint density at radius 3 is 2.82 bits per heavy atom. The number of amides is 1. The number of carbonyl (C=O) groups excluding carboxylic acids is 1. The minimum atomic E-state index is -0.248. The fraction of sp³-hybridized carbons (Fsp3) is 0.200. The van der Waals surface area contributed by atoms with Gasteiger partial charge < -0.3 is 16.0 Å². The minimum absolute atomic E-state index is 0.248. The number of carbonyl (C=O) groups is 1. The molecule has 0 aliphatic heterocycles. The molecular formula is C15H18N6O. The van der Waals surface area contributed by atoms with E-state index in [4.69, 9.17) is 0 Å². The van der Waals surface area contributed by atoms with Gasteiger partial charge >= 0.3 is 0 Å². The van der Waals surface area contributed by atoms with Crippen LogP contribution in [0.5, 0.6) is 0 Å². The van der Waals surface area contributed by atoms with Gasteiger partial charge in [-0.15, -0.1) is 0 Å². The van der Waals surface area contributed by atoms with Gasteiger partial charge in [0.2, 0.25) is 5.95 Å². The van der Waals surface area contributed by atoms with Crippen molar-refractivity contribution in [3.8, 4) is 0 Å². The normalized spacial score (nSPS) is 9.91.